The molecule has 0 aliphatic carbocycles. The molecule has 2 nitrogen and oxygen atoms in total. The van der Waals surface area contributed by atoms with Crippen molar-refractivity contribution in [3.63, 3.8) is 0 Å². The molecule has 1 aromatic heterocycles. The summed E-state index contributed by atoms with van der Waals surface area (Å²) in [6.07, 6.45) is 3.73. The zero-order valence-corrected chi connectivity index (χ0v) is 10.9. The second-order valence-electron chi connectivity index (χ2n) is 3.29. The van der Waals surface area contributed by atoms with Crippen LogP contribution in [0.25, 0.3) is 0 Å². The van der Waals surface area contributed by atoms with Gasteiger partial charge in [-0.15, -0.1) is 11.8 Å². The summed E-state index contributed by atoms with van der Waals surface area (Å²) in [6.45, 7) is 0. The molecule has 1 heterocycles. The first-order valence-electron chi connectivity index (χ1n) is 5.10. The number of aliphatic imine (C=N–C) groups is 1. The van der Waals surface area contributed by atoms with E-state index in [2.05, 4.69) is 9.98 Å². The Morgan fingerprint density at radius 3 is 2.59 bits per heavy atom. The van der Waals surface area contributed by atoms with Crippen molar-refractivity contribution in [2.45, 2.75) is 0 Å². The Balaban J connectivity index is 2.40. The van der Waals surface area contributed by atoms with Gasteiger partial charge in [0.05, 0.1) is 16.4 Å². The Morgan fingerprint density at radius 2 is 1.94 bits per heavy atom. The molecule has 0 spiro atoms. The highest BCUT2D eigenvalue weighted by molar-refractivity contribution is 8.13. The summed E-state index contributed by atoms with van der Waals surface area (Å²) in [4.78, 5) is 8.81. The van der Waals surface area contributed by atoms with Gasteiger partial charge in [0.25, 0.3) is 0 Å². The molecule has 1 aromatic carbocycles. The maximum Gasteiger partial charge on any atom is 0.122 e. The van der Waals surface area contributed by atoms with Gasteiger partial charge in [-0.25, -0.2) is 4.99 Å². The number of aromatic nitrogens is 1. The third kappa shape index (κ3) is 3.08. The number of rotatable bonds is 2. The molecule has 0 unspecified atom stereocenters. The van der Waals surface area contributed by atoms with Gasteiger partial charge in [0.15, 0.2) is 0 Å². The molecular formula is C13H11ClN2S. The fourth-order valence-corrected chi connectivity index (χ4v) is 2.05. The number of hydrogen-bond acceptors (Lipinski definition) is 3. The van der Waals surface area contributed by atoms with E-state index in [4.69, 9.17) is 11.6 Å². The van der Waals surface area contributed by atoms with E-state index in [1.54, 1.807) is 18.0 Å². The van der Waals surface area contributed by atoms with Gasteiger partial charge in [-0.1, -0.05) is 29.8 Å². The first kappa shape index (κ1) is 12.1. The van der Waals surface area contributed by atoms with Gasteiger partial charge >= 0.3 is 0 Å². The molecule has 17 heavy (non-hydrogen) atoms. The predicted octanol–water partition coefficient (Wildman–Crippen LogP) is 4.18. The summed E-state index contributed by atoms with van der Waals surface area (Å²) in [6, 6.07) is 13.3. The lowest BCUT2D eigenvalue weighted by atomic mass is 10.3. The van der Waals surface area contributed by atoms with Crippen LogP contribution in [0.2, 0.25) is 5.02 Å². The lowest BCUT2D eigenvalue weighted by Gasteiger charge is -2.03. The van der Waals surface area contributed by atoms with Crippen LogP contribution in [0.15, 0.2) is 53.7 Å². The first-order chi connectivity index (χ1) is 8.31. The summed E-state index contributed by atoms with van der Waals surface area (Å²) >= 11 is 7.63. The first-order valence-corrected chi connectivity index (χ1v) is 6.70. The zero-order chi connectivity index (χ0) is 12.1. The third-order valence-electron chi connectivity index (χ3n) is 2.15. The summed E-state index contributed by atoms with van der Waals surface area (Å²) < 4.78 is 0. The van der Waals surface area contributed by atoms with Crippen molar-refractivity contribution in [3.8, 4) is 0 Å². The molecule has 0 fully saturated rings. The van der Waals surface area contributed by atoms with Crippen molar-refractivity contribution in [1.82, 2.24) is 4.98 Å². The van der Waals surface area contributed by atoms with Gasteiger partial charge < -0.3 is 0 Å². The van der Waals surface area contributed by atoms with Crippen molar-refractivity contribution < 1.29 is 0 Å². The van der Waals surface area contributed by atoms with E-state index in [-0.39, 0.29) is 0 Å². The minimum Gasteiger partial charge on any atom is -0.254 e. The molecule has 0 saturated carbocycles. The topological polar surface area (TPSA) is 25.2 Å². The second-order valence-corrected chi connectivity index (χ2v) is 4.49. The van der Waals surface area contributed by atoms with Gasteiger partial charge in [-0.2, -0.15) is 0 Å². The number of para-hydroxylation sites is 1. The quantitative estimate of drug-likeness (QED) is 0.599. The summed E-state index contributed by atoms with van der Waals surface area (Å²) in [5, 5.41) is 1.51. The number of pyridine rings is 1. The molecule has 4 heteroatoms. The van der Waals surface area contributed by atoms with Gasteiger partial charge in [-0.05, 0) is 30.5 Å². The number of nitrogens with zero attached hydrogens (tertiary/aromatic N) is 2. The maximum absolute atomic E-state index is 6.08. The van der Waals surface area contributed by atoms with Crippen LogP contribution in [0, 0.1) is 0 Å². The fourth-order valence-electron chi connectivity index (χ4n) is 1.35. The van der Waals surface area contributed by atoms with E-state index >= 15 is 0 Å². The van der Waals surface area contributed by atoms with Crippen molar-refractivity contribution in [3.05, 3.63) is 59.4 Å². The zero-order valence-electron chi connectivity index (χ0n) is 9.30. The molecule has 0 amide bonds. The minimum atomic E-state index is 0.648. The number of halogens is 1. The molecule has 0 radical (unpaired) electrons. The van der Waals surface area contributed by atoms with Crippen LogP contribution in [0.3, 0.4) is 0 Å². The van der Waals surface area contributed by atoms with Crippen LogP contribution in [-0.4, -0.2) is 16.3 Å². The Labute approximate surface area is 110 Å². The Kier molecular flexibility index (Phi) is 4.18. The molecular weight excluding hydrogens is 252 g/mol. The monoisotopic (exact) mass is 262 g/mol. The van der Waals surface area contributed by atoms with Crippen molar-refractivity contribution in [2.75, 3.05) is 6.26 Å². The molecule has 0 saturated heterocycles. The Hall–Kier alpha value is -1.32. The van der Waals surface area contributed by atoms with Crippen LogP contribution in [-0.2, 0) is 0 Å². The standard InChI is InChI=1S/C13H11ClN2S/c1-17-13(12-8-4-5-9-15-12)16-11-7-3-2-6-10(11)14/h2-9H,1H3. The highest BCUT2D eigenvalue weighted by Crippen LogP contribution is 2.26. The van der Waals surface area contributed by atoms with E-state index in [0.29, 0.717) is 5.02 Å². The molecule has 86 valence electrons. The van der Waals surface area contributed by atoms with Gasteiger partial charge in [0, 0.05) is 6.20 Å². The van der Waals surface area contributed by atoms with Crippen LogP contribution in [0.4, 0.5) is 5.69 Å². The highest BCUT2D eigenvalue weighted by atomic mass is 35.5. The number of hydrogen-bond donors (Lipinski definition) is 0. The lowest BCUT2D eigenvalue weighted by molar-refractivity contribution is 1.30. The normalized spacial score (nSPS) is 11.5. The molecule has 0 bridgehead atoms. The van der Waals surface area contributed by atoms with Crippen molar-refractivity contribution in [2.24, 2.45) is 4.99 Å². The van der Waals surface area contributed by atoms with E-state index in [1.165, 1.54) is 0 Å². The average Bonchev–Trinajstić information content (AvgIpc) is 2.39. The van der Waals surface area contributed by atoms with Crippen molar-refractivity contribution in [1.29, 1.82) is 0 Å². The highest BCUT2D eigenvalue weighted by Gasteiger charge is 2.04. The molecule has 0 atom stereocenters. The molecule has 2 rings (SSSR count). The molecule has 2 aromatic rings. The fraction of sp³-hybridized carbons (Fsp3) is 0.0769. The Morgan fingerprint density at radius 1 is 1.18 bits per heavy atom. The molecule has 0 aliphatic heterocycles. The van der Waals surface area contributed by atoms with Gasteiger partial charge in [0.2, 0.25) is 0 Å². The summed E-state index contributed by atoms with van der Waals surface area (Å²) in [7, 11) is 0. The minimum absolute atomic E-state index is 0.648. The third-order valence-corrected chi connectivity index (χ3v) is 3.16. The van der Waals surface area contributed by atoms with Gasteiger partial charge in [0.1, 0.15) is 5.04 Å². The SMILES string of the molecule is CSC(=Nc1ccccc1Cl)c1ccccn1. The predicted molar refractivity (Wildman–Crippen MR) is 75.4 cm³/mol. The number of thioether (sulfide) groups is 1. The van der Waals surface area contributed by atoms with E-state index in [1.807, 2.05) is 48.7 Å². The molecule has 0 N–H and O–H groups in total. The largest absolute Gasteiger partial charge is 0.254 e. The van der Waals surface area contributed by atoms with E-state index < -0.39 is 0 Å². The number of benzene rings is 1. The summed E-state index contributed by atoms with van der Waals surface area (Å²) in [5.41, 5.74) is 1.63. The van der Waals surface area contributed by atoms with Crippen LogP contribution in [0.5, 0.6) is 0 Å². The Bertz CT molecular complexity index is 526. The summed E-state index contributed by atoms with van der Waals surface area (Å²) in [5.74, 6) is 0. The molecule has 0 aliphatic rings. The van der Waals surface area contributed by atoms with Crippen LogP contribution in [0.1, 0.15) is 5.69 Å². The lowest BCUT2D eigenvalue weighted by Crippen LogP contribution is -1.97. The van der Waals surface area contributed by atoms with E-state index in [9.17, 15) is 0 Å². The average molecular weight is 263 g/mol. The van der Waals surface area contributed by atoms with Gasteiger partial charge in [-0.3, -0.25) is 4.98 Å². The second kappa shape index (κ2) is 5.84. The van der Waals surface area contributed by atoms with Crippen LogP contribution < -0.4 is 0 Å². The van der Waals surface area contributed by atoms with E-state index in [0.717, 1.165) is 16.4 Å². The van der Waals surface area contributed by atoms with Crippen LogP contribution >= 0.6 is 23.4 Å². The maximum atomic E-state index is 6.08. The van der Waals surface area contributed by atoms with Crippen molar-refractivity contribution >= 4 is 34.1 Å². The smallest absolute Gasteiger partial charge is 0.122 e.